The van der Waals surface area contributed by atoms with E-state index in [1.54, 1.807) is 0 Å². The second kappa shape index (κ2) is 6.96. The lowest BCUT2D eigenvalue weighted by Gasteiger charge is -2.33. The Balaban J connectivity index is 1.40. The number of oxazole rings is 1. The summed E-state index contributed by atoms with van der Waals surface area (Å²) in [7, 11) is 0. The summed E-state index contributed by atoms with van der Waals surface area (Å²) in [5.41, 5.74) is 1.82. The number of para-hydroxylation sites is 2. The number of rotatable bonds is 5. The molecule has 132 valence electrons. The second-order valence-corrected chi connectivity index (χ2v) is 6.80. The molecule has 2 aromatic heterocycles. The van der Waals surface area contributed by atoms with Crippen LogP contribution in [0.15, 0.2) is 33.2 Å². The van der Waals surface area contributed by atoms with Crippen LogP contribution in [0.2, 0.25) is 0 Å². The maximum atomic E-state index is 5.95. The third-order valence-corrected chi connectivity index (χ3v) is 5.05. The topological polar surface area (TPSA) is 68.2 Å². The second-order valence-electron chi connectivity index (χ2n) is 6.80. The standard InChI is InChI=1S/C19H24N4O2/c1-3-6-17-21-18(25-22-17)13(2)23-11-9-14(10-12-23)19-20-15-7-4-5-8-16(15)24-19/h4-5,7-8,13-14H,3,6,9-12H2,1-2H3/t13-/m1/s1. The minimum Gasteiger partial charge on any atom is -0.440 e. The normalized spacial score (nSPS) is 18.0. The highest BCUT2D eigenvalue weighted by molar-refractivity contribution is 5.72. The molecule has 1 aliphatic rings. The molecule has 1 fully saturated rings. The summed E-state index contributed by atoms with van der Waals surface area (Å²) in [5.74, 6) is 2.79. The molecule has 1 aliphatic heterocycles. The molecule has 1 saturated heterocycles. The van der Waals surface area contributed by atoms with Gasteiger partial charge in [-0.15, -0.1) is 0 Å². The van der Waals surface area contributed by atoms with E-state index in [9.17, 15) is 0 Å². The van der Waals surface area contributed by atoms with E-state index in [0.29, 0.717) is 5.92 Å². The van der Waals surface area contributed by atoms with Crippen molar-refractivity contribution in [1.82, 2.24) is 20.0 Å². The number of benzene rings is 1. The van der Waals surface area contributed by atoms with Crippen LogP contribution in [-0.2, 0) is 6.42 Å². The van der Waals surface area contributed by atoms with E-state index in [4.69, 9.17) is 8.94 Å². The van der Waals surface area contributed by atoms with Crippen molar-refractivity contribution in [3.05, 3.63) is 41.9 Å². The Morgan fingerprint density at radius 1 is 1.20 bits per heavy atom. The van der Waals surface area contributed by atoms with Gasteiger partial charge in [0.25, 0.3) is 0 Å². The molecule has 3 heterocycles. The maximum absolute atomic E-state index is 5.95. The summed E-state index contributed by atoms with van der Waals surface area (Å²) in [4.78, 5) is 11.6. The molecule has 0 aliphatic carbocycles. The zero-order valence-corrected chi connectivity index (χ0v) is 14.8. The Morgan fingerprint density at radius 2 is 2.00 bits per heavy atom. The lowest BCUT2D eigenvalue weighted by Crippen LogP contribution is -2.35. The van der Waals surface area contributed by atoms with Crippen molar-refractivity contribution >= 4 is 11.1 Å². The number of aryl methyl sites for hydroxylation is 1. The van der Waals surface area contributed by atoms with Gasteiger partial charge >= 0.3 is 0 Å². The Morgan fingerprint density at radius 3 is 2.76 bits per heavy atom. The van der Waals surface area contributed by atoms with Gasteiger partial charge in [0, 0.05) is 12.3 Å². The first-order chi connectivity index (χ1) is 12.2. The average Bonchev–Trinajstić information content (AvgIpc) is 3.28. The number of fused-ring (bicyclic) bond motifs is 1. The molecule has 1 atom stereocenters. The zero-order chi connectivity index (χ0) is 17.2. The molecular weight excluding hydrogens is 316 g/mol. The third kappa shape index (κ3) is 3.31. The molecule has 0 amide bonds. The molecule has 0 spiro atoms. The predicted octanol–water partition coefficient (Wildman–Crippen LogP) is 4.10. The van der Waals surface area contributed by atoms with Crippen LogP contribution in [0.25, 0.3) is 11.1 Å². The molecule has 25 heavy (non-hydrogen) atoms. The van der Waals surface area contributed by atoms with E-state index < -0.39 is 0 Å². The van der Waals surface area contributed by atoms with Gasteiger partial charge in [-0.3, -0.25) is 4.90 Å². The van der Waals surface area contributed by atoms with E-state index in [1.165, 1.54) is 0 Å². The van der Waals surface area contributed by atoms with Crippen molar-refractivity contribution in [1.29, 1.82) is 0 Å². The van der Waals surface area contributed by atoms with Gasteiger partial charge in [0.05, 0.1) is 6.04 Å². The van der Waals surface area contributed by atoms with Gasteiger partial charge in [0.2, 0.25) is 5.89 Å². The molecule has 0 saturated carbocycles. The molecule has 0 unspecified atom stereocenters. The first-order valence-electron chi connectivity index (χ1n) is 9.16. The summed E-state index contributed by atoms with van der Waals surface area (Å²) in [6.45, 7) is 6.23. The molecule has 0 radical (unpaired) electrons. The Bertz CT molecular complexity index is 800. The van der Waals surface area contributed by atoms with Crippen molar-refractivity contribution in [3.63, 3.8) is 0 Å². The molecule has 1 aromatic carbocycles. The molecule has 4 rings (SSSR count). The number of nitrogens with zero attached hydrogens (tertiary/aromatic N) is 4. The minimum atomic E-state index is 0.155. The van der Waals surface area contributed by atoms with Crippen LogP contribution in [0.4, 0.5) is 0 Å². The Hall–Kier alpha value is -2.21. The predicted molar refractivity (Wildman–Crippen MR) is 94.3 cm³/mol. The summed E-state index contributed by atoms with van der Waals surface area (Å²) >= 11 is 0. The third-order valence-electron chi connectivity index (χ3n) is 5.05. The largest absolute Gasteiger partial charge is 0.440 e. The van der Waals surface area contributed by atoms with Crippen LogP contribution in [0, 0.1) is 0 Å². The average molecular weight is 340 g/mol. The van der Waals surface area contributed by atoms with E-state index in [0.717, 1.165) is 67.5 Å². The van der Waals surface area contributed by atoms with Gasteiger partial charge in [0.1, 0.15) is 5.52 Å². The van der Waals surface area contributed by atoms with Gasteiger partial charge < -0.3 is 8.94 Å². The summed E-state index contributed by atoms with van der Waals surface area (Å²) < 4.78 is 11.4. The van der Waals surface area contributed by atoms with Crippen LogP contribution in [0.1, 0.15) is 62.7 Å². The maximum Gasteiger partial charge on any atom is 0.243 e. The Kier molecular flexibility index (Phi) is 4.53. The molecule has 3 aromatic rings. The van der Waals surface area contributed by atoms with Gasteiger partial charge in [-0.25, -0.2) is 4.98 Å². The summed E-state index contributed by atoms with van der Waals surface area (Å²) in [6.07, 6.45) is 3.97. The first kappa shape index (κ1) is 16.3. The molecular formula is C19H24N4O2. The van der Waals surface area contributed by atoms with Crippen LogP contribution in [0.3, 0.4) is 0 Å². The number of likely N-dealkylation sites (tertiary alicyclic amines) is 1. The van der Waals surface area contributed by atoms with Crippen molar-refractivity contribution < 1.29 is 8.94 Å². The fraction of sp³-hybridized carbons (Fsp3) is 0.526. The van der Waals surface area contributed by atoms with Gasteiger partial charge in [-0.1, -0.05) is 24.2 Å². The number of hydrogen-bond donors (Lipinski definition) is 0. The SMILES string of the molecule is CCCc1noc([C@@H](C)N2CCC(c3nc4ccccc4o3)CC2)n1. The van der Waals surface area contributed by atoms with E-state index >= 15 is 0 Å². The monoisotopic (exact) mass is 340 g/mol. The highest BCUT2D eigenvalue weighted by Crippen LogP contribution is 2.32. The van der Waals surface area contributed by atoms with E-state index in [-0.39, 0.29) is 6.04 Å². The summed E-state index contributed by atoms with van der Waals surface area (Å²) in [6, 6.07) is 8.12. The molecule has 0 bridgehead atoms. The van der Waals surface area contributed by atoms with Crippen LogP contribution < -0.4 is 0 Å². The first-order valence-corrected chi connectivity index (χ1v) is 9.16. The molecule has 6 heteroatoms. The van der Waals surface area contributed by atoms with E-state index in [1.807, 2.05) is 24.3 Å². The fourth-order valence-corrected chi connectivity index (χ4v) is 3.52. The van der Waals surface area contributed by atoms with Gasteiger partial charge in [-0.05, 0) is 51.4 Å². The van der Waals surface area contributed by atoms with Gasteiger partial charge in [0.15, 0.2) is 17.3 Å². The summed E-state index contributed by atoms with van der Waals surface area (Å²) in [5, 5.41) is 4.07. The van der Waals surface area contributed by atoms with Crippen molar-refractivity contribution in [2.45, 2.75) is 51.5 Å². The highest BCUT2D eigenvalue weighted by Gasteiger charge is 2.29. The van der Waals surface area contributed by atoms with E-state index in [2.05, 4.69) is 33.9 Å². The van der Waals surface area contributed by atoms with Crippen LogP contribution in [-0.4, -0.2) is 33.1 Å². The lowest BCUT2D eigenvalue weighted by atomic mass is 9.96. The fourth-order valence-electron chi connectivity index (χ4n) is 3.52. The molecule has 0 N–H and O–H groups in total. The smallest absolute Gasteiger partial charge is 0.243 e. The van der Waals surface area contributed by atoms with Crippen molar-refractivity contribution in [2.75, 3.05) is 13.1 Å². The zero-order valence-electron chi connectivity index (χ0n) is 14.8. The van der Waals surface area contributed by atoms with Crippen molar-refractivity contribution in [3.8, 4) is 0 Å². The quantitative estimate of drug-likeness (QED) is 0.696. The highest BCUT2D eigenvalue weighted by atomic mass is 16.5. The molecule has 6 nitrogen and oxygen atoms in total. The van der Waals surface area contributed by atoms with Crippen molar-refractivity contribution in [2.24, 2.45) is 0 Å². The number of hydrogen-bond acceptors (Lipinski definition) is 6. The Labute approximate surface area is 147 Å². The number of piperidine rings is 1. The minimum absolute atomic E-state index is 0.155. The van der Waals surface area contributed by atoms with Crippen LogP contribution >= 0.6 is 0 Å². The van der Waals surface area contributed by atoms with Gasteiger partial charge in [-0.2, -0.15) is 4.98 Å². The number of aromatic nitrogens is 3. The van der Waals surface area contributed by atoms with Crippen LogP contribution in [0.5, 0.6) is 0 Å². The lowest BCUT2D eigenvalue weighted by molar-refractivity contribution is 0.131.